The first-order valence-electron chi connectivity index (χ1n) is 7.48. The molecule has 0 aliphatic carbocycles. The Hall–Kier alpha value is -1.91. The zero-order chi connectivity index (χ0) is 19.6. The zero-order valence-electron chi connectivity index (χ0n) is 13.2. The highest BCUT2D eigenvalue weighted by atomic mass is 35.5. The molecular weight excluding hydrogens is 432 g/mol. The molecule has 2 amide bonds. The number of rotatable bonds is 2. The molecule has 2 fully saturated rings. The van der Waals surface area contributed by atoms with E-state index >= 15 is 0 Å². The molecule has 144 valence electrons. The SMILES string of the molecule is O=C1NC2(CO1)CN(C(=O)c1sc3cc(OC(F)(F)F)cc(Cl)c3c1Cl)C2. The molecule has 6 nitrogen and oxygen atoms in total. The molecule has 4 rings (SSSR count). The number of ether oxygens (including phenoxy) is 2. The molecule has 0 unspecified atom stereocenters. The molecule has 12 heteroatoms. The van der Waals surface area contributed by atoms with Crippen molar-refractivity contribution in [2.45, 2.75) is 11.9 Å². The Labute approximate surface area is 163 Å². The Bertz CT molecular complexity index is 972. The van der Waals surface area contributed by atoms with Gasteiger partial charge in [0.05, 0.1) is 10.0 Å². The van der Waals surface area contributed by atoms with Gasteiger partial charge in [-0.15, -0.1) is 24.5 Å². The second-order valence-corrected chi connectivity index (χ2v) is 8.05. The Morgan fingerprint density at radius 2 is 2.04 bits per heavy atom. The molecule has 1 aromatic carbocycles. The quantitative estimate of drug-likeness (QED) is 0.764. The van der Waals surface area contributed by atoms with Crippen LogP contribution in [0.2, 0.25) is 10.0 Å². The largest absolute Gasteiger partial charge is 0.573 e. The number of amides is 2. The van der Waals surface area contributed by atoms with Crippen molar-refractivity contribution in [3.63, 3.8) is 0 Å². The van der Waals surface area contributed by atoms with Crippen molar-refractivity contribution >= 4 is 56.6 Å². The lowest BCUT2D eigenvalue weighted by Gasteiger charge is -2.45. The molecule has 1 spiro atoms. The van der Waals surface area contributed by atoms with Gasteiger partial charge in [0, 0.05) is 23.2 Å². The summed E-state index contributed by atoms with van der Waals surface area (Å²) in [5.74, 6) is -0.895. The van der Waals surface area contributed by atoms with Crippen LogP contribution in [-0.2, 0) is 4.74 Å². The predicted molar refractivity (Wildman–Crippen MR) is 91.6 cm³/mol. The molecule has 2 aromatic rings. The monoisotopic (exact) mass is 440 g/mol. The van der Waals surface area contributed by atoms with E-state index in [0.717, 1.165) is 23.5 Å². The van der Waals surface area contributed by atoms with Crippen LogP contribution in [0.3, 0.4) is 0 Å². The molecule has 0 bridgehead atoms. The summed E-state index contributed by atoms with van der Waals surface area (Å²) in [5, 5.41) is 2.95. The minimum atomic E-state index is -4.86. The third kappa shape index (κ3) is 3.26. The number of carbonyl (C=O) groups is 2. The fourth-order valence-corrected chi connectivity index (χ4v) is 5.07. The van der Waals surface area contributed by atoms with E-state index in [1.54, 1.807) is 0 Å². The van der Waals surface area contributed by atoms with E-state index in [9.17, 15) is 22.8 Å². The second-order valence-electron chi connectivity index (χ2n) is 6.21. The first-order chi connectivity index (χ1) is 12.6. The van der Waals surface area contributed by atoms with Gasteiger partial charge < -0.3 is 19.7 Å². The first-order valence-corrected chi connectivity index (χ1v) is 9.06. The van der Waals surface area contributed by atoms with Crippen LogP contribution in [0.4, 0.5) is 18.0 Å². The van der Waals surface area contributed by atoms with Gasteiger partial charge in [0.2, 0.25) is 0 Å². The normalized spacial score (nSPS) is 18.4. The van der Waals surface area contributed by atoms with Gasteiger partial charge in [0.1, 0.15) is 22.8 Å². The molecule has 1 N–H and O–H groups in total. The highest BCUT2D eigenvalue weighted by Crippen LogP contribution is 2.43. The first kappa shape index (κ1) is 18.5. The van der Waals surface area contributed by atoms with Crippen molar-refractivity contribution in [3.05, 3.63) is 27.1 Å². The smallest absolute Gasteiger partial charge is 0.447 e. The topological polar surface area (TPSA) is 67.9 Å². The Morgan fingerprint density at radius 1 is 1.33 bits per heavy atom. The van der Waals surface area contributed by atoms with Gasteiger partial charge in [-0.05, 0) is 12.1 Å². The number of alkyl carbamates (subject to hydrolysis) is 1. The lowest BCUT2D eigenvalue weighted by molar-refractivity contribution is -0.274. The van der Waals surface area contributed by atoms with E-state index in [1.165, 1.54) is 4.90 Å². The number of hydrogen-bond donors (Lipinski definition) is 1. The Morgan fingerprint density at radius 3 is 2.63 bits per heavy atom. The van der Waals surface area contributed by atoms with Gasteiger partial charge >= 0.3 is 12.5 Å². The summed E-state index contributed by atoms with van der Waals surface area (Å²) in [4.78, 5) is 25.5. The Kier molecular flexibility index (Phi) is 4.13. The fourth-order valence-electron chi connectivity index (χ4n) is 3.08. The van der Waals surface area contributed by atoms with Crippen LogP contribution < -0.4 is 10.1 Å². The van der Waals surface area contributed by atoms with E-state index in [1.807, 2.05) is 0 Å². The van der Waals surface area contributed by atoms with E-state index in [4.69, 9.17) is 27.9 Å². The molecule has 0 saturated carbocycles. The maximum Gasteiger partial charge on any atom is 0.573 e. The fraction of sp³-hybridized carbons (Fsp3) is 0.333. The third-order valence-corrected chi connectivity index (χ3v) is 6.12. The van der Waals surface area contributed by atoms with Gasteiger partial charge in [-0.2, -0.15) is 0 Å². The molecule has 2 aliphatic heterocycles. The average molecular weight is 441 g/mol. The molecule has 2 aliphatic rings. The number of nitrogens with zero attached hydrogens (tertiary/aromatic N) is 1. The van der Waals surface area contributed by atoms with Crippen LogP contribution >= 0.6 is 34.5 Å². The molecule has 27 heavy (non-hydrogen) atoms. The minimum Gasteiger partial charge on any atom is -0.447 e. The van der Waals surface area contributed by atoms with E-state index in [2.05, 4.69) is 10.1 Å². The summed E-state index contributed by atoms with van der Waals surface area (Å²) in [6.45, 7) is 0.663. The number of hydrogen-bond acceptors (Lipinski definition) is 5. The van der Waals surface area contributed by atoms with E-state index in [-0.39, 0.29) is 40.0 Å². The van der Waals surface area contributed by atoms with Crippen molar-refractivity contribution in [2.75, 3.05) is 19.7 Å². The van der Waals surface area contributed by atoms with Crippen molar-refractivity contribution < 1.29 is 32.2 Å². The third-order valence-electron chi connectivity index (χ3n) is 4.21. The highest BCUT2D eigenvalue weighted by Gasteiger charge is 2.51. The molecule has 0 atom stereocenters. The van der Waals surface area contributed by atoms with Crippen LogP contribution in [0.15, 0.2) is 12.1 Å². The van der Waals surface area contributed by atoms with E-state index < -0.39 is 29.7 Å². The lowest BCUT2D eigenvalue weighted by Crippen LogP contribution is -2.69. The Balaban J connectivity index is 1.61. The summed E-state index contributed by atoms with van der Waals surface area (Å²) in [7, 11) is 0. The highest BCUT2D eigenvalue weighted by molar-refractivity contribution is 7.21. The van der Waals surface area contributed by atoms with Crippen LogP contribution in [-0.4, -0.2) is 48.5 Å². The average Bonchev–Trinajstić information content (AvgIpc) is 3.04. The molecule has 1 aromatic heterocycles. The number of fused-ring (bicyclic) bond motifs is 1. The van der Waals surface area contributed by atoms with Crippen molar-refractivity contribution in [1.82, 2.24) is 10.2 Å². The zero-order valence-corrected chi connectivity index (χ0v) is 15.5. The van der Waals surface area contributed by atoms with Crippen molar-refractivity contribution in [2.24, 2.45) is 0 Å². The van der Waals surface area contributed by atoms with Gasteiger partial charge in [-0.3, -0.25) is 4.79 Å². The van der Waals surface area contributed by atoms with Gasteiger partial charge in [-0.25, -0.2) is 4.79 Å². The number of benzene rings is 1. The van der Waals surface area contributed by atoms with Crippen molar-refractivity contribution in [3.8, 4) is 5.75 Å². The van der Waals surface area contributed by atoms with Gasteiger partial charge in [0.15, 0.2) is 0 Å². The van der Waals surface area contributed by atoms with Crippen LogP contribution in [0.25, 0.3) is 10.1 Å². The second kappa shape index (κ2) is 6.05. The summed E-state index contributed by atoms with van der Waals surface area (Å²) < 4.78 is 46.3. The van der Waals surface area contributed by atoms with Gasteiger partial charge in [-0.1, -0.05) is 23.2 Å². The maximum atomic E-state index is 12.7. The molecule has 2 saturated heterocycles. The summed E-state index contributed by atoms with van der Waals surface area (Å²) in [6, 6.07) is 2.12. The molecular formula is C15H9Cl2F3N2O4S. The van der Waals surface area contributed by atoms with Crippen LogP contribution in [0.1, 0.15) is 9.67 Å². The molecule has 0 radical (unpaired) electrons. The predicted octanol–water partition coefficient (Wildman–Crippen LogP) is 4.04. The van der Waals surface area contributed by atoms with E-state index in [0.29, 0.717) is 4.70 Å². The van der Waals surface area contributed by atoms with Crippen LogP contribution in [0.5, 0.6) is 5.75 Å². The molecule has 3 heterocycles. The number of nitrogens with one attached hydrogen (secondary N) is 1. The lowest BCUT2D eigenvalue weighted by atomic mass is 9.91. The summed E-state index contributed by atoms with van der Waals surface area (Å²) in [6.07, 6.45) is -5.40. The summed E-state index contributed by atoms with van der Waals surface area (Å²) >= 11 is 13.2. The van der Waals surface area contributed by atoms with Crippen molar-refractivity contribution in [1.29, 1.82) is 0 Å². The number of alkyl halides is 3. The van der Waals surface area contributed by atoms with Crippen LogP contribution in [0, 0.1) is 0 Å². The number of carbonyl (C=O) groups excluding carboxylic acids is 2. The number of cyclic esters (lactones) is 1. The standard InChI is InChI=1S/C15H9Cl2F3N2O4S/c16-7-1-6(26-15(18,19)20)2-8-9(7)10(17)11(27-8)12(23)22-3-14(4-22)5-25-13(24)21-14/h1-2H,3-5H2,(H,21,24). The summed E-state index contributed by atoms with van der Waals surface area (Å²) in [5.41, 5.74) is -0.596. The number of thiophene rings is 1. The minimum absolute atomic E-state index is 0.0522. The number of likely N-dealkylation sites (tertiary alicyclic amines) is 1. The maximum absolute atomic E-state index is 12.7. The number of halogens is 5. The van der Waals surface area contributed by atoms with Gasteiger partial charge in [0.25, 0.3) is 5.91 Å².